The molecule has 0 aliphatic heterocycles. The van der Waals surface area contributed by atoms with Gasteiger partial charge in [0.05, 0.1) is 12.7 Å². The number of nitrogens with zero attached hydrogens (tertiary/aromatic N) is 1. The van der Waals surface area contributed by atoms with Crippen molar-refractivity contribution in [1.29, 1.82) is 0 Å². The van der Waals surface area contributed by atoms with Crippen molar-refractivity contribution < 1.29 is 19.4 Å². The molecule has 0 amide bonds. The van der Waals surface area contributed by atoms with E-state index in [2.05, 4.69) is 4.90 Å². The van der Waals surface area contributed by atoms with E-state index >= 15 is 0 Å². The first-order valence-electron chi connectivity index (χ1n) is 9.10. The molecule has 25 heavy (non-hydrogen) atoms. The summed E-state index contributed by atoms with van der Waals surface area (Å²) in [5, 5.41) is 11.5. The van der Waals surface area contributed by atoms with E-state index in [1.54, 1.807) is 7.11 Å². The Bertz CT molecular complexity index is 575. The van der Waals surface area contributed by atoms with Crippen LogP contribution < -0.4 is 4.74 Å². The molecule has 1 saturated carbocycles. The molecule has 0 saturated heterocycles. The number of carbonyl (C=O) groups is 1. The highest BCUT2D eigenvalue weighted by Crippen LogP contribution is 2.43. The lowest BCUT2D eigenvalue weighted by atomic mass is 9.70. The lowest BCUT2D eigenvalue weighted by Gasteiger charge is -2.44. The molecule has 3 atom stereocenters. The van der Waals surface area contributed by atoms with Crippen LogP contribution in [0, 0.1) is 5.92 Å². The summed E-state index contributed by atoms with van der Waals surface area (Å²) in [7, 11) is 5.63. The van der Waals surface area contributed by atoms with Crippen LogP contribution >= 0.6 is 0 Å². The molecule has 5 nitrogen and oxygen atoms in total. The van der Waals surface area contributed by atoms with Crippen molar-refractivity contribution in [2.75, 3.05) is 27.7 Å². The zero-order valence-corrected chi connectivity index (χ0v) is 15.8. The minimum Gasteiger partial charge on any atom is -0.497 e. The van der Waals surface area contributed by atoms with E-state index in [-0.39, 0.29) is 18.0 Å². The predicted molar refractivity (Wildman–Crippen MR) is 97.6 cm³/mol. The zero-order valence-electron chi connectivity index (χ0n) is 15.8. The molecule has 0 aromatic heterocycles. The lowest BCUT2D eigenvalue weighted by molar-refractivity contribution is -0.159. The Morgan fingerprint density at radius 3 is 2.80 bits per heavy atom. The van der Waals surface area contributed by atoms with Crippen LogP contribution in [0.15, 0.2) is 24.3 Å². The molecule has 2 rings (SSSR count). The molecule has 0 spiro atoms. The summed E-state index contributed by atoms with van der Waals surface area (Å²) in [6, 6.07) is 7.65. The van der Waals surface area contributed by atoms with E-state index in [0.29, 0.717) is 25.7 Å². The molecule has 0 unspecified atom stereocenters. The van der Waals surface area contributed by atoms with Crippen LogP contribution in [0.3, 0.4) is 0 Å². The third-order valence-electron chi connectivity index (χ3n) is 4.98. The number of carbonyl (C=O) groups excluding carboxylic acids is 1. The number of methoxy groups -OCH3 is 1. The summed E-state index contributed by atoms with van der Waals surface area (Å²) in [5.41, 5.74) is -0.0658. The van der Waals surface area contributed by atoms with Crippen LogP contribution in [-0.4, -0.2) is 49.8 Å². The highest BCUT2D eigenvalue weighted by molar-refractivity contribution is 5.69. The third kappa shape index (κ3) is 4.95. The second kappa shape index (κ2) is 8.68. The fourth-order valence-corrected chi connectivity index (χ4v) is 3.71. The summed E-state index contributed by atoms with van der Waals surface area (Å²) < 4.78 is 10.9. The second-order valence-corrected chi connectivity index (χ2v) is 7.25. The maximum Gasteiger partial charge on any atom is 0.306 e. The Balaban J connectivity index is 2.20. The van der Waals surface area contributed by atoms with Gasteiger partial charge >= 0.3 is 5.97 Å². The van der Waals surface area contributed by atoms with Gasteiger partial charge in [-0.05, 0) is 57.5 Å². The van der Waals surface area contributed by atoms with E-state index < -0.39 is 5.60 Å². The molecular weight excluding hydrogens is 318 g/mol. The quantitative estimate of drug-likeness (QED) is 0.767. The van der Waals surface area contributed by atoms with Crippen molar-refractivity contribution in [3.63, 3.8) is 0 Å². The molecule has 0 radical (unpaired) electrons. The van der Waals surface area contributed by atoms with Gasteiger partial charge in [0.2, 0.25) is 0 Å². The number of aliphatic hydroxyl groups is 1. The van der Waals surface area contributed by atoms with Crippen molar-refractivity contribution >= 4 is 5.97 Å². The summed E-state index contributed by atoms with van der Waals surface area (Å²) in [5.74, 6) is 0.594. The molecule has 1 aromatic carbocycles. The maximum atomic E-state index is 11.8. The monoisotopic (exact) mass is 349 g/mol. The number of esters is 1. The van der Waals surface area contributed by atoms with Gasteiger partial charge < -0.3 is 19.5 Å². The fraction of sp³-hybridized carbons (Fsp3) is 0.650. The average molecular weight is 349 g/mol. The van der Waals surface area contributed by atoms with Crippen LogP contribution in [-0.2, 0) is 15.1 Å². The standard InChI is InChI=1S/C20H31NO4/c1-5-7-19(22)25-18-10-11-20(23,16(13-18)14-21(2)3)15-8-6-9-17(12-15)24-4/h6,8-9,12,16,18,23H,5,7,10-11,13-14H2,1-4H3/t16-,18+,20+/m1/s1. The third-order valence-corrected chi connectivity index (χ3v) is 4.98. The van der Waals surface area contributed by atoms with Gasteiger partial charge in [-0.25, -0.2) is 0 Å². The molecule has 1 N–H and O–H groups in total. The first-order chi connectivity index (χ1) is 11.9. The highest BCUT2D eigenvalue weighted by Gasteiger charge is 2.44. The number of hydrogen-bond acceptors (Lipinski definition) is 5. The predicted octanol–water partition coefficient (Wildman–Crippen LogP) is 2.96. The SMILES string of the molecule is CCCC(=O)O[C@H]1CC[C@](O)(c2cccc(OC)c2)[C@@H](CN(C)C)C1. The Labute approximate surface area is 150 Å². The molecule has 1 aliphatic rings. The number of benzene rings is 1. The van der Waals surface area contributed by atoms with Gasteiger partial charge in [-0.1, -0.05) is 19.1 Å². The van der Waals surface area contributed by atoms with Crippen molar-refractivity contribution in [3.05, 3.63) is 29.8 Å². The van der Waals surface area contributed by atoms with E-state index in [4.69, 9.17) is 9.47 Å². The molecule has 0 heterocycles. The summed E-state index contributed by atoms with van der Waals surface area (Å²) in [6.45, 7) is 2.70. The van der Waals surface area contributed by atoms with Gasteiger partial charge in [-0.2, -0.15) is 0 Å². The summed E-state index contributed by atoms with van der Waals surface area (Å²) in [6.07, 6.45) is 3.04. The van der Waals surface area contributed by atoms with Crippen LogP contribution in [0.2, 0.25) is 0 Å². The van der Waals surface area contributed by atoms with Crippen molar-refractivity contribution in [2.45, 2.75) is 50.7 Å². The second-order valence-electron chi connectivity index (χ2n) is 7.25. The molecule has 1 fully saturated rings. The Hall–Kier alpha value is -1.59. The molecular formula is C20H31NO4. The molecule has 1 aromatic rings. The van der Waals surface area contributed by atoms with E-state index in [1.165, 1.54) is 0 Å². The minimum absolute atomic E-state index is 0.0113. The van der Waals surface area contributed by atoms with Gasteiger partial charge in [0, 0.05) is 18.9 Å². The van der Waals surface area contributed by atoms with Crippen LogP contribution in [0.1, 0.15) is 44.6 Å². The Kier molecular flexibility index (Phi) is 6.85. The van der Waals surface area contributed by atoms with E-state index in [9.17, 15) is 9.90 Å². The number of ether oxygens (including phenoxy) is 2. The van der Waals surface area contributed by atoms with Crippen molar-refractivity contribution in [1.82, 2.24) is 4.90 Å². The largest absolute Gasteiger partial charge is 0.497 e. The average Bonchev–Trinajstić information content (AvgIpc) is 2.58. The highest BCUT2D eigenvalue weighted by atomic mass is 16.5. The minimum atomic E-state index is -0.938. The fourth-order valence-electron chi connectivity index (χ4n) is 3.71. The van der Waals surface area contributed by atoms with E-state index in [1.807, 2.05) is 45.3 Å². The topological polar surface area (TPSA) is 59.0 Å². The van der Waals surface area contributed by atoms with Crippen LogP contribution in [0.4, 0.5) is 0 Å². The van der Waals surface area contributed by atoms with Gasteiger partial charge in [0.25, 0.3) is 0 Å². The van der Waals surface area contributed by atoms with Gasteiger partial charge in [0.1, 0.15) is 11.9 Å². The molecule has 5 heteroatoms. The van der Waals surface area contributed by atoms with Gasteiger partial charge in [-0.15, -0.1) is 0 Å². The van der Waals surface area contributed by atoms with Crippen molar-refractivity contribution in [3.8, 4) is 5.75 Å². The first kappa shape index (κ1) is 19.7. The molecule has 0 bridgehead atoms. The lowest BCUT2D eigenvalue weighted by Crippen LogP contribution is -2.47. The van der Waals surface area contributed by atoms with Gasteiger partial charge in [-0.3, -0.25) is 4.79 Å². The van der Waals surface area contributed by atoms with Gasteiger partial charge in [0.15, 0.2) is 0 Å². The molecule has 140 valence electrons. The Morgan fingerprint density at radius 1 is 1.40 bits per heavy atom. The maximum absolute atomic E-state index is 11.8. The van der Waals surface area contributed by atoms with E-state index in [0.717, 1.165) is 24.3 Å². The molecule has 1 aliphatic carbocycles. The smallest absolute Gasteiger partial charge is 0.306 e. The van der Waals surface area contributed by atoms with Crippen LogP contribution in [0.5, 0.6) is 5.75 Å². The van der Waals surface area contributed by atoms with Crippen molar-refractivity contribution in [2.24, 2.45) is 5.92 Å². The zero-order chi connectivity index (χ0) is 18.4. The Morgan fingerprint density at radius 2 is 2.16 bits per heavy atom. The summed E-state index contributed by atoms with van der Waals surface area (Å²) in [4.78, 5) is 13.9. The number of hydrogen-bond donors (Lipinski definition) is 1. The normalized spacial score (nSPS) is 26.5. The van der Waals surface area contributed by atoms with Crippen LogP contribution in [0.25, 0.3) is 0 Å². The number of rotatable bonds is 7. The first-order valence-corrected chi connectivity index (χ1v) is 9.10. The summed E-state index contributed by atoms with van der Waals surface area (Å²) >= 11 is 0.